The van der Waals surface area contributed by atoms with Crippen LogP contribution in [0.25, 0.3) is 0 Å². The highest BCUT2D eigenvalue weighted by Gasteiger charge is 2.37. The fraction of sp³-hybridized carbons (Fsp3) is 0.500. The molecule has 2 atom stereocenters. The van der Waals surface area contributed by atoms with E-state index in [0.717, 1.165) is 26.1 Å². The molecule has 0 bridgehead atoms. The molecule has 1 saturated heterocycles. The molecule has 1 saturated carbocycles. The zero-order chi connectivity index (χ0) is 20.3. The van der Waals surface area contributed by atoms with Gasteiger partial charge in [0, 0.05) is 37.4 Å². The largest absolute Gasteiger partial charge is 0.371 e. The summed E-state index contributed by atoms with van der Waals surface area (Å²) >= 11 is 0. The Morgan fingerprint density at radius 2 is 1.80 bits per heavy atom. The lowest BCUT2D eigenvalue weighted by Gasteiger charge is -2.35. The second kappa shape index (κ2) is 8.81. The van der Waals surface area contributed by atoms with Gasteiger partial charge in [0.1, 0.15) is 0 Å². The van der Waals surface area contributed by atoms with Crippen molar-refractivity contribution in [2.45, 2.75) is 50.6 Å². The number of aryl methyl sites for hydroxylation is 1. The Morgan fingerprint density at radius 1 is 1.00 bits per heavy atom. The first-order chi connectivity index (χ1) is 14.8. The van der Waals surface area contributed by atoms with Crippen LogP contribution in [-0.4, -0.2) is 43.0 Å². The highest BCUT2D eigenvalue weighted by atomic mass is 16.2. The number of hydrogen-bond acceptors (Lipinski definition) is 3. The zero-order valence-electron chi connectivity index (χ0n) is 17.8. The minimum Gasteiger partial charge on any atom is -0.371 e. The van der Waals surface area contributed by atoms with Crippen LogP contribution in [0.3, 0.4) is 0 Å². The molecule has 4 nitrogen and oxygen atoms in total. The van der Waals surface area contributed by atoms with Gasteiger partial charge in [-0.2, -0.15) is 0 Å². The Labute approximate surface area is 180 Å². The van der Waals surface area contributed by atoms with Crippen LogP contribution in [-0.2, 0) is 11.2 Å². The van der Waals surface area contributed by atoms with E-state index in [-0.39, 0.29) is 5.91 Å². The Kier molecular flexibility index (Phi) is 5.76. The molecule has 2 aromatic rings. The number of carbonyl (C=O) groups is 1. The van der Waals surface area contributed by atoms with Crippen molar-refractivity contribution in [2.75, 3.05) is 31.1 Å². The number of nitrogens with zero attached hydrogens (tertiary/aromatic N) is 2. The molecular formula is C26H33N3O. The summed E-state index contributed by atoms with van der Waals surface area (Å²) in [5.74, 6) is 0.738. The monoisotopic (exact) mass is 403 g/mol. The van der Waals surface area contributed by atoms with Gasteiger partial charge in [-0.15, -0.1) is 0 Å². The highest BCUT2D eigenvalue weighted by molar-refractivity contribution is 5.78. The van der Waals surface area contributed by atoms with Gasteiger partial charge < -0.3 is 10.2 Å². The number of fused-ring (bicyclic) bond motifs is 1. The second-order valence-corrected chi connectivity index (χ2v) is 9.25. The minimum atomic E-state index is 0.197. The molecule has 5 rings (SSSR count). The van der Waals surface area contributed by atoms with Crippen molar-refractivity contribution in [2.24, 2.45) is 5.92 Å². The summed E-state index contributed by atoms with van der Waals surface area (Å²) in [6, 6.07) is 20.5. The van der Waals surface area contributed by atoms with Crippen LogP contribution in [0.2, 0.25) is 0 Å². The molecule has 1 heterocycles. The molecule has 1 aliphatic heterocycles. The van der Waals surface area contributed by atoms with Gasteiger partial charge in [0.15, 0.2) is 0 Å². The maximum Gasteiger partial charge on any atom is 0.234 e. The van der Waals surface area contributed by atoms with E-state index in [1.54, 1.807) is 0 Å². The van der Waals surface area contributed by atoms with Crippen LogP contribution in [0, 0.1) is 5.92 Å². The summed E-state index contributed by atoms with van der Waals surface area (Å²) in [6.07, 6.45) is 7.20. The Balaban J connectivity index is 1.16. The molecule has 1 N–H and O–H groups in total. The molecule has 2 unspecified atom stereocenters. The highest BCUT2D eigenvalue weighted by Crippen LogP contribution is 2.40. The Hall–Kier alpha value is -2.33. The lowest BCUT2D eigenvalue weighted by Crippen LogP contribution is -2.42. The third kappa shape index (κ3) is 4.39. The van der Waals surface area contributed by atoms with Crippen LogP contribution in [0.15, 0.2) is 54.6 Å². The first-order valence-corrected chi connectivity index (χ1v) is 11.7. The van der Waals surface area contributed by atoms with Crippen molar-refractivity contribution >= 4 is 11.6 Å². The molecule has 1 amide bonds. The van der Waals surface area contributed by atoms with E-state index in [1.165, 1.54) is 48.9 Å². The molecule has 0 aromatic heterocycles. The van der Waals surface area contributed by atoms with Gasteiger partial charge in [0.2, 0.25) is 5.91 Å². The van der Waals surface area contributed by atoms with Crippen molar-refractivity contribution in [3.63, 3.8) is 0 Å². The average Bonchev–Trinajstić information content (AvgIpc) is 3.53. The zero-order valence-corrected chi connectivity index (χ0v) is 17.8. The summed E-state index contributed by atoms with van der Waals surface area (Å²) in [4.78, 5) is 17.8. The topological polar surface area (TPSA) is 35.6 Å². The number of hydrogen-bond donors (Lipinski definition) is 1. The molecule has 2 aliphatic carbocycles. The molecular weight excluding hydrogens is 370 g/mol. The van der Waals surface area contributed by atoms with E-state index in [2.05, 4.69) is 69.7 Å². The Morgan fingerprint density at radius 3 is 2.63 bits per heavy atom. The van der Waals surface area contributed by atoms with E-state index in [1.807, 2.05) is 0 Å². The fourth-order valence-electron chi connectivity index (χ4n) is 5.33. The van der Waals surface area contributed by atoms with Crippen molar-refractivity contribution in [3.8, 4) is 0 Å². The molecule has 2 aromatic carbocycles. The van der Waals surface area contributed by atoms with Gasteiger partial charge in [-0.1, -0.05) is 42.5 Å². The number of carbonyl (C=O) groups excluding carboxylic acids is 1. The first-order valence-electron chi connectivity index (χ1n) is 11.7. The normalized spacial score (nSPS) is 23.4. The third-order valence-electron chi connectivity index (χ3n) is 7.08. The van der Waals surface area contributed by atoms with Crippen molar-refractivity contribution in [3.05, 3.63) is 65.7 Å². The van der Waals surface area contributed by atoms with Gasteiger partial charge in [0.05, 0.1) is 6.54 Å². The summed E-state index contributed by atoms with van der Waals surface area (Å²) in [5.41, 5.74) is 4.23. The summed E-state index contributed by atoms with van der Waals surface area (Å²) in [5, 5.41) is 3.27. The molecule has 4 heteroatoms. The number of nitrogens with one attached hydrogen (secondary N) is 1. The van der Waals surface area contributed by atoms with Crippen LogP contribution in [0.4, 0.5) is 5.69 Å². The van der Waals surface area contributed by atoms with Gasteiger partial charge in [0.25, 0.3) is 0 Å². The molecule has 2 fully saturated rings. The molecule has 0 radical (unpaired) electrons. The number of benzene rings is 2. The number of para-hydroxylation sites is 1. The maximum absolute atomic E-state index is 12.9. The van der Waals surface area contributed by atoms with Crippen LogP contribution < -0.4 is 10.2 Å². The molecule has 30 heavy (non-hydrogen) atoms. The number of rotatable bonds is 7. The smallest absolute Gasteiger partial charge is 0.234 e. The van der Waals surface area contributed by atoms with E-state index < -0.39 is 0 Å². The molecule has 158 valence electrons. The predicted molar refractivity (Wildman–Crippen MR) is 122 cm³/mol. The predicted octanol–water partition coefficient (Wildman–Crippen LogP) is 4.17. The second-order valence-electron chi connectivity index (χ2n) is 9.25. The van der Waals surface area contributed by atoms with Crippen molar-refractivity contribution in [1.82, 2.24) is 10.2 Å². The van der Waals surface area contributed by atoms with Gasteiger partial charge in [-0.25, -0.2) is 0 Å². The van der Waals surface area contributed by atoms with Crippen molar-refractivity contribution in [1.29, 1.82) is 0 Å². The van der Waals surface area contributed by atoms with Crippen LogP contribution in [0.5, 0.6) is 0 Å². The quantitative estimate of drug-likeness (QED) is 0.754. The van der Waals surface area contributed by atoms with Crippen LogP contribution >= 0.6 is 0 Å². The van der Waals surface area contributed by atoms with E-state index in [9.17, 15) is 4.79 Å². The van der Waals surface area contributed by atoms with Gasteiger partial charge >= 0.3 is 0 Å². The van der Waals surface area contributed by atoms with Gasteiger partial charge in [-0.05, 0) is 67.7 Å². The lowest BCUT2D eigenvalue weighted by molar-refractivity contribution is -0.123. The minimum absolute atomic E-state index is 0.197. The third-order valence-corrected chi connectivity index (χ3v) is 7.08. The van der Waals surface area contributed by atoms with E-state index in [4.69, 9.17) is 0 Å². The van der Waals surface area contributed by atoms with E-state index in [0.29, 0.717) is 24.5 Å². The van der Waals surface area contributed by atoms with E-state index >= 15 is 0 Å². The maximum atomic E-state index is 12.9. The summed E-state index contributed by atoms with van der Waals surface area (Å²) in [7, 11) is 0. The van der Waals surface area contributed by atoms with Crippen LogP contribution in [0.1, 0.15) is 49.3 Å². The fourth-order valence-corrected chi connectivity index (χ4v) is 5.33. The number of anilines is 1. The standard InChI is InChI=1S/C26H33N3O/c30-26(27-17-20-15-16-28(18-20)22-9-2-1-3-10-22)19-29(23-13-14-23)25-12-6-8-21-7-4-5-11-24(21)25/h1-5,7,9-11,20,23,25H,6,8,12-19H2,(H,27,30). The summed E-state index contributed by atoms with van der Waals surface area (Å²) in [6.45, 7) is 3.45. The molecule has 0 spiro atoms. The SMILES string of the molecule is O=C(CN(C1CC1)C1CCCc2ccccc21)NCC1CCN(c2ccccc2)C1. The van der Waals surface area contributed by atoms with Gasteiger partial charge in [-0.3, -0.25) is 9.69 Å². The molecule has 3 aliphatic rings. The Bertz CT molecular complexity index is 864. The first kappa shape index (κ1) is 19.6. The van der Waals surface area contributed by atoms with Crippen molar-refractivity contribution < 1.29 is 4.79 Å². The lowest BCUT2D eigenvalue weighted by atomic mass is 9.86. The average molecular weight is 404 g/mol. The number of amides is 1. The summed E-state index contributed by atoms with van der Waals surface area (Å²) < 4.78 is 0.